The summed E-state index contributed by atoms with van der Waals surface area (Å²) in [5.41, 5.74) is 1.13. The molecule has 2 heteroatoms. The van der Waals surface area contributed by atoms with Crippen LogP contribution in [0.5, 0.6) is 0 Å². The molecule has 1 rings (SSSR count). The Hall–Kier alpha value is -1.31. The summed E-state index contributed by atoms with van der Waals surface area (Å²) in [5.74, 6) is 0.998. The van der Waals surface area contributed by atoms with Crippen LogP contribution in [0.3, 0.4) is 0 Å². The normalized spacial score (nSPS) is 11.9. The lowest BCUT2D eigenvalue weighted by atomic mass is 10.4. The Balaban J connectivity index is 3.07. The molecule has 0 aliphatic carbocycles. The average molecular weight is 176 g/mol. The molecule has 1 aromatic heterocycles. The van der Waals surface area contributed by atoms with Crippen LogP contribution in [0.2, 0.25) is 0 Å². The number of aromatic nitrogens is 2. The zero-order valence-corrected chi connectivity index (χ0v) is 8.49. The minimum absolute atomic E-state index is 0.981. The molecule has 0 amide bonds. The largest absolute Gasteiger partial charge is 0.307 e. The van der Waals surface area contributed by atoms with Crippen molar-refractivity contribution in [3.63, 3.8) is 0 Å². The van der Waals surface area contributed by atoms with E-state index in [4.69, 9.17) is 0 Å². The first-order chi connectivity index (χ1) is 6.31. The SMILES string of the molecule is C/C=C\c1nc(CC)cn1/C=C\C. The van der Waals surface area contributed by atoms with Gasteiger partial charge in [0, 0.05) is 12.4 Å². The van der Waals surface area contributed by atoms with Crippen molar-refractivity contribution in [3.05, 3.63) is 29.9 Å². The highest BCUT2D eigenvalue weighted by atomic mass is 15.0. The van der Waals surface area contributed by atoms with Crippen LogP contribution >= 0.6 is 0 Å². The Morgan fingerprint density at radius 2 is 2.15 bits per heavy atom. The maximum Gasteiger partial charge on any atom is 0.136 e. The Morgan fingerprint density at radius 1 is 1.38 bits per heavy atom. The number of allylic oxidation sites excluding steroid dienone is 2. The highest BCUT2D eigenvalue weighted by Gasteiger charge is 2.00. The third kappa shape index (κ3) is 2.31. The van der Waals surface area contributed by atoms with Gasteiger partial charge >= 0.3 is 0 Å². The second-order valence-electron chi connectivity index (χ2n) is 2.83. The number of rotatable bonds is 3. The second kappa shape index (κ2) is 4.65. The molecule has 70 valence electrons. The van der Waals surface area contributed by atoms with Crippen LogP contribution in [0, 0.1) is 0 Å². The summed E-state index contributed by atoms with van der Waals surface area (Å²) in [5, 5.41) is 0. The number of imidazole rings is 1. The molecule has 0 spiro atoms. The van der Waals surface area contributed by atoms with Gasteiger partial charge in [0.15, 0.2) is 0 Å². The van der Waals surface area contributed by atoms with E-state index in [2.05, 4.69) is 18.1 Å². The summed E-state index contributed by atoms with van der Waals surface area (Å²) in [6.45, 7) is 6.12. The zero-order valence-electron chi connectivity index (χ0n) is 8.49. The Labute approximate surface area is 79.6 Å². The van der Waals surface area contributed by atoms with Gasteiger partial charge in [-0.15, -0.1) is 0 Å². The van der Waals surface area contributed by atoms with Crippen molar-refractivity contribution < 1.29 is 0 Å². The minimum Gasteiger partial charge on any atom is -0.307 e. The van der Waals surface area contributed by atoms with Crippen molar-refractivity contribution in [2.24, 2.45) is 0 Å². The molecule has 2 nitrogen and oxygen atoms in total. The van der Waals surface area contributed by atoms with Crippen LogP contribution in [0.15, 0.2) is 18.3 Å². The first-order valence-corrected chi connectivity index (χ1v) is 4.65. The number of hydrogen-bond acceptors (Lipinski definition) is 1. The fourth-order valence-electron chi connectivity index (χ4n) is 1.18. The maximum absolute atomic E-state index is 4.46. The van der Waals surface area contributed by atoms with E-state index in [1.54, 1.807) is 0 Å². The lowest BCUT2D eigenvalue weighted by Gasteiger charge is -1.93. The Kier molecular flexibility index (Phi) is 3.50. The molecule has 0 aromatic carbocycles. The zero-order chi connectivity index (χ0) is 9.68. The molecule has 0 saturated heterocycles. The van der Waals surface area contributed by atoms with Crippen LogP contribution in [-0.2, 0) is 6.42 Å². The molecule has 0 N–H and O–H groups in total. The molecular weight excluding hydrogens is 160 g/mol. The topological polar surface area (TPSA) is 17.8 Å². The summed E-state index contributed by atoms with van der Waals surface area (Å²) in [7, 11) is 0. The van der Waals surface area contributed by atoms with Crippen molar-refractivity contribution in [1.29, 1.82) is 0 Å². The van der Waals surface area contributed by atoms with E-state index in [0.29, 0.717) is 0 Å². The summed E-state index contributed by atoms with van der Waals surface area (Å²) >= 11 is 0. The number of nitrogens with zero attached hydrogens (tertiary/aromatic N) is 2. The number of hydrogen-bond donors (Lipinski definition) is 0. The second-order valence-corrected chi connectivity index (χ2v) is 2.83. The summed E-state index contributed by atoms with van der Waals surface area (Å²) in [6.07, 6.45) is 11.1. The van der Waals surface area contributed by atoms with Gasteiger partial charge in [0.05, 0.1) is 5.69 Å². The maximum atomic E-state index is 4.46. The smallest absolute Gasteiger partial charge is 0.136 e. The molecule has 0 atom stereocenters. The van der Waals surface area contributed by atoms with E-state index < -0.39 is 0 Å². The van der Waals surface area contributed by atoms with Crippen LogP contribution < -0.4 is 0 Å². The van der Waals surface area contributed by atoms with Gasteiger partial charge in [-0.05, 0) is 26.3 Å². The molecule has 0 unspecified atom stereocenters. The molecule has 13 heavy (non-hydrogen) atoms. The molecule has 1 heterocycles. The van der Waals surface area contributed by atoms with Crippen molar-refractivity contribution >= 4 is 12.3 Å². The van der Waals surface area contributed by atoms with Crippen molar-refractivity contribution in [2.75, 3.05) is 0 Å². The third-order valence-corrected chi connectivity index (χ3v) is 1.80. The van der Waals surface area contributed by atoms with E-state index in [-0.39, 0.29) is 0 Å². The van der Waals surface area contributed by atoms with Crippen molar-refractivity contribution in [3.8, 4) is 0 Å². The van der Waals surface area contributed by atoms with Gasteiger partial charge in [0.1, 0.15) is 5.82 Å². The van der Waals surface area contributed by atoms with Gasteiger partial charge in [-0.1, -0.05) is 19.1 Å². The van der Waals surface area contributed by atoms with Gasteiger partial charge in [-0.2, -0.15) is 0 Å². The van der Waals surface area contributed by atoms with E-state index in [1.807, 2.05) is 42.8 Å². The average Bonchev–Trinajstić information content (AvgIpc) is 2.50. The van der Waals surface area contributed by atoms with E-state index in [1.165, 1.54) is 0 Å². The molecule has 1 aromatic rings. The van der Waals surface area contributed by atoms with E-state index in [0.717, 1.165) is 17.9 Å². The molecule has 0 aliphatic rings. The minimum atomic E-state index is 0.981. The monoisotopic (exact) mass is 176 g/mol. The number of aryl methyl sites for hydroxylation is 1. The highest BCUT2D eigenvalue weighted by Crippen LogP contribution is 2.06. The van der Waals surface area contributed by atoms with Crippen LogP contribution in [0.25, 0.3) is 12.3 Å². The van der Waals surface area contributed by atoms with Crippen LogP contribution in [0.4, 0.5) is 0 Å². The summed E-state index contributed by atoms with van der Waals surface area (Å²) in [6, 6.07) is 0. The van der Waals surface area contributed by atoms with Crippen LogP contribution in [0.1, 0.15) is 32.3 Å². The molecule has 0 radical (unpaired) electrons. The van der Waals surface area contributed by atoms with Crippen molar-refractivity contribution in [2.45, 2.75) is 27.2 Å². The van der Waals surface area contributed by atoms with Gasteiger partial charge in [-0.25, -0.2) is 4.98 Å². The highest BCUT2D eigenvalue weighted by molar-refractivity contribution is 5.45. The standard InChI is InChI=1S/C11H16N2/c1-4-7-11-12-10(6-3)9-13(11)8-5-2/h4-5,7-9H,6H2,1-3H3/b7-4-,8-5-. The summed E-state index contributed by atoms with van der Waals surface area (Å²) in [4.78, 5) is 4.46. The van der Waals surface area contributed by atoms with Gasteiger partial charge in [-0.3, -0.25) is 0 Å². The van der Waals surface area contributed by atoms with Gasteiger partial charge < -0.3 is 4.57 Å². The molecule has 0 fully saturated rings. The Morgan fingerprint density at radius 3 is 2.69 bits per heavy atom. The van der Waals surface area contributed by atoms with Crippen LogP contribution in [-0.4, -0.2) is 9.55 Å². The van der Waals surface area contributed by atoms with Gasteiger partial charge in [0.2, 0.25) is 0 Å². The molecule has 0 aliphatic heterocycles. The first kappa shape index (κ1) is 9.78. The Bertz CT molecular complexity index is 289. The lowest BCUT2D eigenvalue weighted by Crippen LogP contribution is -1.87. The third-order valence-electron chi connectivity index (χ3n) is 1.80. The molecular formula is C11H16N2. The first-order valence-electron chi connectivity index (χ1n) is 4.65. The molecule has 0 bridgehead atoms. The predicted octanol–water partition coefficient (Wildman–Crippen LogP) is 2.97. The predicted molar refractivity (Wildman–Crippen MR) is 57.3 cm³/mol. The van der Waals surface area contributed by atoms with E-state index >= 15 is 0 Å². The van der Waals surface area contributed by atoms with E-state index in [9.17, 15) is 0 Å². The summed E-state index contributed by atoms with van der Waals surface area (Å²) < 4.78 is 2.04. The quantitative estimate of drug-likeness (QED) is 0.692. The fourth-order valence-corrected chi connectivity index (χ4v) is 1.18. The fraction of sp³-hybridized carbons (Fsp3) is 0.364. The van der Waals surface area contributed by atoms with Gasteiger partial charge in [0.25, 0.3) is 0 Å². The molecule has 0 saturated carbocycles. The lowest BCUT2D eigenvalue weighted by molar-refractivity contribution is 1.06. The van der Waals surface area contributed by atoms with Crippen molar-refractivity contribution in [1.82, 2.24) is 9.55 Å².